The van der Waals surface area contributed by atoms with Crippen molar-refractivity contribution in [2.75, 3.05) is 20.1 Å². The molecule has 1 rings (SSSR count). The monoisotopic (exact) mass is 287 g/mol. The van der Waals surface area contributed by atoms with Gasteiger partial charge >= 0.3 is 0 Å². The van der Waals surface area contributed by atoms with Gasteiger partial charge in [-0.1, -0.05) is 25.4 Å². The van der Waals surface area contributed by atoms with Gasteiger partial charge in [-0.3, -0.25) is 4.99 Å². The Kier molecular flexibility index (Phi) is 7.13. The Balaban J connectivity index is 2.19. The van der Waals surface area contributed by atoms with Gasteiger partial charge in [0.05, 0.1) is 4.34 Å². The van der Waals surface area contributed by atoms with E-state index < -0.39 is 0 Å². The van der Waals surface area contributed by atoms with Gasteiger partial charge in [0.2, 0.25) is 0 Å². The summed E-state index contributed by atoms with van der Waals surface area (Å²) >= 11 is 7.52. The van der Waals surface area contributed by atoms with Crippen LogP contribution in [0, 0.1) is 5.92 Å². The van der Waals surface area contributed by atoms with Crippen LogP contribution in [0.1, 0.15) is 25.1 Å². The quantitative estimate of drug-likeness (QED) is 0.623. The number of thiophene rings is 1. The molecule has 0 unspecified atom stereocenters. The molecule has 0 amide bonds. The maximum Gasteiger partial charge on any atom is 0.190 e. The van der Waals surface area contributed by atoms with Gasteiger partial charge in [0, 0.05) is 25.0 Å². The highest BCUT2D eigenvalue weighted by molar-refractivity contribution is 7.16. The lowest BCUT2D eigenvalue weighted by molar-refractivity contribution is 0.574. The van der Waals surface area contributed by atoms with Crippen molar-refractivity contribution < 1.29 is 0 Å². The molecule has 2 N–H and O–H groups in total. The van der Waals surface area contributed by atoms with E-state index in [1.807, 2.05) is 6.07 Å². The van der Waals surface area contributed by atoms with Gasteiger partial charge in [0.25, 0.3) is 0 Å². The summed E-state index contributed by atoms with van der Waals surface area (Å²) in [6.45, 7) is 6.27. The van der Waals surface area contributed by atoms with Crippen LogP contribution in [0.3, 0.4) is 0 Å². The molecule has 0 aliphatic carbocycles. The zero-order valence-electron chi connectivity index (χ0n) is 11.3. The largest absolute Gasteiger partial charge is 0.356 e. The van der Waals surface area contributed by atoms with E-state index in [4.69, 9.17) is 11.6 Å². The maximum atomic E-state index is 5.89. The number of halogens is 1. The van der Waals surface area contributed by atoms with E-state index in [9.17, 15) is 0 Å². The van der Waals surface area contributed by atoms with Gasteiger partial charge in [0.15, 0.2) is 5.96 Å². The van der Waals surface area contributed by atoms with Gasteiger partial charge in [0.1, 0.15) is 0 Å². The summed E-state index contributed by atoms with van der Waals surface area (Å²) in [5, 5.41) is 6.61. The van der Waals surface area contributed by atoms with Crippen LogP contribution in [0.5, 0.6) is 0 Å². The van der Waals surface area contributed by atoms with Crippen LogP contribution in [-0.2, 0) is 6.42 Å². The Hall–Kier alpha value is -0.740. The van der Waals surface area contributed by atoms with Crippen LogP contribution >= 0.6 is 22.9 Å². The maximum absolute atomic E-state index is 5.89. The Morgan fingerprint density at radius 3 is 2.61 bits per heavy atom. The van der Waals surface area contributed by atoms with E-state index in [0.717, 1.165) is 36.2 Å². The van der Waals surface area contributed by atoms with Crippen molar-refractivity contribution >= 4 is 28.9 Å². The van der Waals surface area contributed by atoms with Crippen LogP contribution in [0.15, 0.2) is 17.1 Å². The lowest BCUT2D eigenvalue weighted by Gasteiger charge is -2.12. The number of nitrogens with one attached hydrogen (secondary N) is 2. The second-order valence-corrected chi connectivity index (χ2v) is 6.36. The second kappa shape index (κ2) is 8.38. The molecule has 1 aromatic rings. The molecule has 0 aliphatic heterocycles. The number of hydrogen-bond acceptors (Lipinski definition) is 2. The third-order valence-electron chi connectivity index (χ3n) is 2.53. The zero-order chi connectivity index (χ0) is 13.4. The average molecular weight is 288 g/mol. The topological polar surface area (TPSA) is 36.4 Å². The van der Waals surface area contributed by atoms with Crippen molar-refractivity contribution in [1.82, 2.24) is 10.6 Å². The molecule has 0 aliphatic rings. The van der Waals surface area contributed by atoms with Gasteiger partial charge in [-0.25, -0.2) is 0 Å². The van der Waals surface area contributed by atoms with Crippen LogP contribution in [0.25, 0.3) is 0 Å². The normalized spacial score (nSPS) is 11.9. The summed E-state index contributed by atoms with van der Waals surface area (Å²) in [6.07, 6.45) is 2.13. The molecule has 5 heteroatoms. The molecule has 1 heterocycles. The summed E-state index contributed by atoms with van der Waals surface area (Å²) in [5.74, 6) is 1.59. The minimum atomic E-state index is 0.712. The predicted molar refractivity (Wildman–Crippen MR) is 81.9 cm³/mol. The molecule has 1 aromatic heterocycles. The molecule has 3 nitrogen and oxygen atoms in total. The number of rotatable bonds is 6. The summed E-state index contributed by atoms with van der Waals surface area (Å²) in [6, 6.07) is 4.01. The van der Waals surface area contributed by atoms with Crippen LogP contribution in [-0.4, -0.2) is 26.1 Å². The Morgan fingerprint density at radius 1 is 1.33 bits per heavy atom. The van der Waals surface area contributed by atoms with Crippen molar-refractivity contribution in [3.8, 4) is 0 Å². The summed E-state index contributed by atoms with van der Waals surface area (Å²) in [4.78, 5) is 5.49. The first kappa shape index (κ1) is 15.3. The van der Waals surface area contributed by atoms with E-state index in [1.165, 1.54) is 4.88 Å². The van der Waals surface area contributed by atoms with Gasteiger partial charge in [-0.2, -0.15) is 0 Å². The van der Waals surface area contributed by atoms with Gasteiger partial charge in [-0.15, -0.1) is 11.3 Å². The Labute approximate surface area is 119 Å². The van der Waals surface area contributed by atoms with Gasteiger partial charge in [-0.05, 0) is 30.9 Å². The number of nitrogens with zero attached hydrogens (tertiary/aromatic N) is 1. The highest BCUT2D eigenvalue weighted by Crippen LogP contribution is 2.21. The van der Waals surface area contributed by atoms with Crippen molar-refractivity contribution in [3.05, 3.63) is 21.3 Å². The molecule has 0 saturated carbocycles. The molecular weight excluding hydrogens is 266 g/mol. The van der Waals surface area contributed by atoms with Crippen molar-refractivity contribution in [2.24, 2.45) is 10.9 Å². The molecule has 0 fully saturated rings. The van der Waals surface area contributed by atoms with Crippen LogP contribution in [0.4, 0.5) is 0 Å². The van der Waals surface area contributed by atoms with Crippen molar-refractivity contribution in [3.63, 3.8) is 0 Å². The fourth-order valence-electron chi connectivity index (χ4n) is 1.49. The predicted octanol–water partition coefficient (Wildman–Crippen LogP) is 3.16. The number of guanidine groups is 1. The second-order valence-electron chi connectivity index (χ2n) is 4.56. The number of aliphatic imine (C=N–C) groups is 1. The van der Waals surface area contributed by atoms with Crippen molar-refractivity contribution in [1.29, 1.82) is 0 Å². The smallest absolute Gasteiger partial charge is 0.190 e. The van der Waals surface area contributed by atoms with Crippen molar-refractivity contribution in [2.45, 2.75) is 26.7 Å². The lowest BCUT2D eigenvalue weighted by Crippen LogP contribution is -2.38. The molecular formula is C13H22ClN3S. The molecule has 0 atom stereocenters. The van der Waals surface area contributed by atoms with E-state index >= 15 is 0 Å². The third-order valence-corrected chi connectivity index (χ3v) is 3.82. The third kappa shape index (κ3) is 6.26. The molecule has 0 radical (unpaired) electrons. The fraction of sp³-hybridized carbons (Fsp3) is 0.615. The number of hydrogen-bond donors (Lipinski definition) is 2. The van der Waals surface area contributed by atoms with E-state index in [2.05, 4.69) is 35.5 Å². The SMILES string of the molecule is CN=C(NCCc1ccc(Cl)s1)NCCC(C)C. The van der Waals surface area contributed by atoms with E-state index in [1.54, 1.807) is 18.4 Å². The average Bonchev–Trinajstić information content (AvgIpc) is 2.72. The standard InChI is InChI=1S/C13H22ClN3S/c1-10(2)6-8-16-13(15-3)17-9-7-11-4-5-12(14)18-11/h4-5,10H,6-9H2,1-3H3,(H2,15,16,17). The molecule has 102 valence electrons. The van der Waals surface area contributed by atoms with Crippen LogP contribution in [0.2, 0.25) is 4.34 Å². The summed E-state index contributed by atoms with van der Waals surface area (Å²) in [5.41, 5.74) is 0. The highest BCUT2D eigenvalue weighted by Gasteiger charge is 2.00. The first-order valence-corrected chi connectivity index (χ1v) is 7.50. The van der Waals surface area contributed by atoms with E-state index in [-0.39, 0.29) is 0 Å². The minimum Gasteiger partial charge on any atom is -0.356 e. The first-order chi connectivity index (χ1) is 8.61. The summed E-state index contributed by atoms with van der Waals surface area (Å²) < 4.78 is 0.851. The molecule has 0 saturated heterocycles. The Bertz CT molecular complexity index is 374. The lowest BCUT2D eigenvalue weighted by atomic mass is 10.1. The molecule has 0 spiro atoms. The fourth-order valence-corrected chi connectivity index (χ4v) is 2.58. The molecule has 0 bridgehead atoms. The Morgan fingerprint density at radius 2 is 2.06 bits per heavy atom. The highest BCUT2D eigenvalue weighted by atomic mass is 35.5. The zero-order valence-corrected chi connectivity index (χ0v) is 12.9. The van der Waals surface area contributed by atoms with Gasteiger partial charge < -0.3 is 10.6 Å². The van der Waals surface area contributed by atoms with Crippen LogP contribution < -0.4 is 10.6 Å². The summed E-state index contributed by atoms with van der Waals surface area (Å²) in [7, 11) is 1.80. The van der Waals surface area contributed by atoms with E-state index in [0.29, 0.717) is 5.92 Å². The minimum absolute atomic E-state index is 0.712. The molecule has 0 aromatic carbocycles. The first-order valence-electron chi connectivity index (χ1n) is 6.30. The molecule has 18 heavy (non-hydrogen) atoms.